The molecule has 1 aliphatic rings. The molecule has 1 aliphatic carbocycles. The van der Waals surface area contributed by atoms with E-state index in [4.69, 9.17) is 4.74 Å². The van der Waals surface area contributed by atoms with Gasteiger partial charge >= 0.3 is 0 Å². The number of rotatable bonds is 10. The van der Waals surface area contributed by atoms with Crippen molar-refractivity contribution in [2.45, 2.75) is 37.1 Å². The predicted molar refractivity (Wildman–Crippen MR) is 109 cm³/mol. The number of hydrogen-bond donors (Lipinski definition) is 1. The summed E-state index contributed by atoms with van der Waals surface area (Å²) in [5.74, 6) is 2.90. The molecule has 0 aliphatic heterocycles. The van der Waals surface area contributed by atoms with E-state index in [1.807, 2.05) is 41.3 Å². The molecule has 2 aromatic carbocycles. The quantitative estimate of drug-likeness (QED) is 0.475. The summed E-state index contributed by atoms with van der Waals surface area (Å²) >= 11 is 1.72. The molecule has 0 aromatic heterocycles. The maximum atomic E-state index is 12.8. The number of ether oxygens (including phenoxy) is 1. The lowest BCUT2D eigenvalue weighted by Crippen LogP contribution is -2.32. The number of amides is 1. The Bertz CT molecular complexity index is 743. The number of para-hydroxylation sites is 1. The first kappa shape index (κ1) is 19.6. The molecule has 5 heteroatoms. The molecule has 0 saturated heterocycles. The fourth-order valence-corrected chi connectivity index (χ4v) is 3.87. The molecule has 27 heavy (non-hydrogen) atoms. The Kier molecular flexibility index (Phi) is 7.04. The van der Waals surface area contributed by atoms with Crippen LogP contribution in [0.2, 0.25) is 0 Å². The van der Waals surface area contributed by atoms with Crippen molar-refractivity contribution in [1.82, 2.24) is 4.90 Å². The second kappa shape index (κ2) is 9.70. The number of aromatic hydroxyl groups is 1. The second-order valence-corrected chi connectivity index (χ2v) is 8.14. The van der Waals surface area contributed by atoms with Gasteiger partial charge in [0.1, 0.15) is 11.5 Å². The fourth-order valence-electron chi connectivity index (χ4n) is 3.02. The van der Waals surface area contributed by atoms with Crippen LogP contribution in [0.5, 0.6) is 11.5 Å². The summed E-state index contributed by atoms with van der Waals surface area (Å²) in [4.78, 5) is 15.9. The van der Waals surface area contributed by atoms with E-state index in [9.17, 15) is 9.90 Å². The molecule has 3 rings (SSSR count). The van der Waals surface area contributed by atoms with Crippen molar-refractivity contribution in [3.05, 3.63) is 54.1 Å². The normalized spacial score (nSPS) is 13.4. The van der Waals surface area contributed by atoms with Gasteiger partial charge in [-0.25, -0.2) is 0 Å². The third kappa shape index (κ3) is 6.21. The molecule has 0 spiro atoms. The maximum Gasteiger partial charge on any atom is 0.222 e. The zero-order chi connectivity index (χ0) is 19.1. The molecule has 1 N–H and O–H groups in total. The van der Waals surface area contributed by atoms with Gasteiger partial charge in [0.25, 0.3) is 0 Å². The summed E-state index contributed by atoms with van der Waals surface area (Å²) in [5, 5.41) is 9.33. The number of thioether (sulfide) groups is 1. The lowest BCUT2D eigenvalue weighted by molar-refractivity contribution is -0.132. The number of hydrogen-bond acceptors (Lipinski definition) is 4. The summed E-state index contributed by atoms with van der Waals surface area (Å²) in [7, 11) is 1.67. The average molecular weight is 386 g/mol. The molecule has 144 valence electrons. The first-order valence-corrected chi connectivity index (χ1v) is 10.5. The van der Waals surface area contributed by atoms with E-state index in [0.29, 0.717) is 18.9 Å². The van der Waals surface area contributed by atoms with Crippen molar-refractivity contribution in [2.24, 2.45) is 5.92 Å². The molecule has 1 amide bonds. The van der Waals surface area contributed by atoms with Crippen molar-refractivity contribution in [2.75, 3.05) is 19.4 Å². The fraction of sp³-hybridized carbons (Fsp3) is 0.409. The highest BCUT2D eigenvalue weighted by molar-refractivity contribution is 7.99. The van der Waals surface area contributed by atoms with E-state index in [-0.39, 0.29) is 11.7 Å². The van der Waals surface area contributed by atoms with Gasteiger partial charge in [0, 0.05) is 30.0 Å². The lowest BCUT2D eigenvalue weighted by atomic mass is 10.1. The predicted octanol–water partition coefficient (Wildman–Crippen LogP) is 4.71. The van der Waals surface area contributed by atoms with Crippen LogP contribution in [0.25, 0.3) is 0 Å². The van der Waals surface area contributed by atoms with Crippen LogP contribution >= 0.6 is 11.8 Å². The molecule has 1 saturated carbocycles. The van der Waals surface area contributed by atoms with E-state index in [1.165, 1.54) is 12.8 Å². The molecule has 0 atom stereocenters. The topological polar surface area (TPSA) is 49.8 Å². The summed E-state index contributed by atoms with van der Waals surface area (Å²) in [6, 6.07) is 15.1. The first-order valence-electron chi connectivity index (χ1n) is 9.47. The van der Waals surface area contributed by atoms with Gasteiger partial charge in [0.15, 0.2) is 0 Å². The molecule has 0 radical (unpaired) electrons. The van der Waals surface area contributed by atoms with Crippen LogP contribution in [-0.4, -0.2) is 35.3 Å². The van der Waals surface area contributed by atoms with Crippen molar-refractivity contribution in [3.63, 3.8) is 0 Å². The minimum atomic E-state index is 0.221. The third-order valence-corrected chi connectivity index (χ3v) is 5.82. The highest BCUT2D eigenvalue weighted by atomic mass is 32.2. The Morgan fingerprint density at radius 2 is 1.93 bits per heavy atom. The van der Waals surface area contributed by atoms with Crippen LogP contribution in [0.4, 0.5) is 0 Å². The number of phenols is 1. The molecular weight excluding hydrogens is 358 g/mol. The Morgan fingerprint density at radius 3 is 2.63 bits per heavy atom. The number of nitrogens with zero attached hydrogens (tertiary/aromatic N) is 1. The molecule has 0 unspecified atom stereocenters. The molecule has 2 aromatic rings. The highest BCUT2D eigenvalue weighted by Gasteiger charge is 2.27. The van der Waals surface area contributed by atoms with E-state index in [1.54, 1.807) is 31.0 Å². The molecule has 1 fully saturated rings. The van der Waals surface area contributed by atoms with E-state index in [0.717, 1.165) is 34.9 Å². The molecular formula is C22H27NO3S. The Hall–Kier alpha value is -2.14. The van der Waals surface area contributed by atoms with Gasteiger partial charge in [0.2, 0.25) is 5.91 Å². The molecule has 4 nitrogen and oxygen atoms in total. The molecule has 0 bridgehead atoms. The summed E-state index contributed by atoms with van der Waals surface area (Å²) in [5.41, 5.74) is 1.06. The maximum absolute atomic E-state index is 12.8. The summed E-state index contributed by atoms with van der Waals surface area (Å²) in [6.07, 6.45) is 3.86. The van der Waals surface area contributed by atoms with Crippen LogP contribution in [-0.2, 0) is 11.3 Å². The monoisotopic (exact) mass is 385 g/mol. The second-order valence-electron chi connectivity index (χ2n) is 6.98. The van der Waals surface area contributed by atoms with Gasteiger partial charge in [-0.05, 0) is 61.3 Å². The number of carbonyl (C=O) groups is 1. The van der Waals surface area contributed by atoms with Crippen LogP contribution in [0.15, 0.2) is 53.4 Å². The standard InChI is InChI=1S/C22H27NO3S/c1-26-21-6-3-2-5-18(21)16-23(15-17-8-9-17)22(25)7-4-14-27-20-12-10-19(24)11-13-20/h2-3,5-6,10-13,17,24H,4,7-9,14-16H2,1H3. The SMILES string of the molecule is COc1ccccc1CN(CC1CC1)C(=O)CCCSc1ccc(O)cc1. The average Bonchev–Trinajstić information content (AvgIpc) is 3.50. The largest absolute Gasteiger partial charge is 0.508 e. The van der Waals surface area contributed by atoms with Crippen molar-refractivity contribution in [1.29, 1.82) is 0 Å². The van der Waals surface area contributed by atoms with Gasteiger partial charge in [0.05, 0.1) is 7.11 Å². The zero-order valence-electron chi connectivity index (χ0n) is 15.8. The molecule has 0 heterocycles. The van der Waals surface area contributed by atoms with Gasteiger partial charge in [-0.15, -0.1) is 11.8 Å². The summed E-state index contributed by atoms with van der Waals surface area (Å²) < 4.78 is 5.44. The van der Waals surface area contributed by atoms with Crippen molar-refractivity contribution in [3.8, 4) is 11.5 Å². The van der Waals surface area contributed by atoms with Crippen LogP contribution in [0.1, 0.15) is 31.2 Å². The van der Waals surface area contributed by atoms with Crippen molar-refractivity contribution >= 4 is 17.7 Å². The van der Waals surface area contributed by atoms with Crippen LogP contribution in [0, 0.1) is 5.92 Å². The Morgan fingerprint density at radius 1 is 1.19 bits per heavy atom. The lowest BCUT2D eigenvalue weighted by Gasteiger charge is -2.24. The van der Waals surface area contributed by atoms with E-state index < -0.39 is 0 Å². The van der Waals surface area contributed by atoms with Crippen LogP contribution in [0.3, 0.4) is 0 Å². The van der Waals surface area contributed by atoms with Gasteiger partial charge in [-0.3, -0.25) is 4.79 Å². The van der Waals surface area contributed by atoms with Gasteiger partial charge in [-0.2, -0.15) is 0 Å². The smallest absolute Gasteiger partial charge is 0.222 e. The van der Waals surface area contributed by atoms with E-state index in [2.05, 4.69) is 0 Å². The Labute approximate surface area is 165 Å². The van der Waals surface area contributed by atoms with Gasteiger partial charge in [-0.1, -0.05) is 18.2 Å². The first-order chi connectivity index (χ1) is 13.2. The minimum absolute atomic E-state index is 0.221. The van der Waals surface area contributed by atoms with Gasteiger partial charge < -0.3 is 14.7 Å². The zero-order valence-corrected chi connectivity index (χ0v) is 16.6. The number of benzene rings is 2. The van der Waals surface area contributed by atoms with E-state index >= 15 is 0 Å². The number of phenolic OH excluding ortho intramolecular Hbond substituents is 1. The summed E-state index contributed by atoms with van der Waals surface area (Å²) in [6.45, 7) is 1.46. The van der Waals surface area contributed by atoms with Crippen molar-refractivity contribution < 1.29 is 14.6 Å². The highest BCUT2D eigenvalue weighted by Crippen LogP contribution is 2.31. The van der Waals surface area contributed by atoms with Crippen LogP contribution < -0.4 is 4.74 Å². The number of methoxy groups -OCH3 is 1. The number of carbonyl (C=O) groups excluding carboxylic acids is 1. The minimum Gasteiger partial charge on any atom is -0.508 e. The third-order valence-electron chi connectivity index (χ3n) is 4.72. The Balaban J connectivity index is 1.51.